The Hall–Kier alpha value is -2.05. The van der Waals surface area contributed by atoms with Gasteiger partial charge in [0.15, 0.2) is 5.96 Å². The average Bonchev–Trinajstić information content (AvgIpc) is 3.29. The molecule has 0 amide bonds. The van der Waals surface area contributed by atoms with Crippen LogP contribution in [-0.4, -0.2) is 36.5 Å². The number of rotatable bonds is 13. The molecule has 3 fully saturated rings. The predicted molar refractivity (Wildman–Crippen MR) is 179 cm³/mol. The van der Waals surface area contributed by atoms with E-state index in [4.69, 9.17) is 21.9 Å². The first-order valence-corrected chi connectivity index (χ1v) is 17.6. The van der Waals surface area contributed by atoms with Crippen LogP contribution in [0.3, 0.4) is 0 Å². The van der Waals surface area contributed by atoms with Gasteiger partial charge in [-0.2, -0.15) is 0 Å². The standard InChI is InChI=1S/C36H63N5O2/c1-23(2)10-9-11-24(3)29-15-16-30-28-14-13-26-22-27(17-19-35(26,5)31(28)18-20-36(29,30)6)43-33(42)32(41-25(4)37)12-7-8-21-40-34(38)39/h13,23-24,27-32H,7-12,14-22H2,1-6H3,(H2,37,41)(H4,38,39,40). The fourth-order valence-corrected chi connectivity index (χ4v) is 10.1. The lowest BCUT2D eigenvalue weighted by Gasteiger charge is -2.58. The van der Waals surface area contributed by atoms with E-state index in [1.54, 1.807) is 12.5 Å². The minimum absolute atomic E-state index is 0.0720. The summed E-state index contributed by atoms with van der Waals surface area (Å²) in [6.45, 7) is 14.8. The highest BCUT2D eigenvalue weighted by atomic mass is 16.5. The molecule has 244 valence electrons. The van der Waals surface area contributed by atoms with E-state index in [-0.39, 0.29) is 23.4 Å². The molecule has 43 heavy (non-hydrogen) atoms. The number of ether oxygens (including phenoxy) is 1. The van der Waals surface area contributed by atoms with Crippen LogP contribution in [0.25, 0.3) is 0 Å². The van der Waals surface area contributed by atoms with Crippen molar-refractivity contribution in [3.63, 3.8) is 0 Å². The number of hydrogen-bond acceptors (Lipinski definition) is 4. The average molecular weight is 598 g/mol. The van der Waals surface area contributed by atoms with Crippen molar-refractivity contribution in [3.8, 4) is 0 Å². The van der Waals surface area contributed by atoms with Crippen molar-refractivity contribution >= 4 is 17.8 Å². The first-order valence-electron chi connectivity index (χ1n) is 17.6. The number of aliphatic imine (C=N–C) groups is 2. The maximum atomic E-state index is 13.3. The van der Waals surface area contributed by atoms with Gasteiger partial charge in [0.1, 0.15) is 12.1 Å². The number of carbonyl (C=O) groups excluding carboxylic acids is 1. The van der Waals surface area contributed by atoms with Crippen LogP contribution >= 0.6 is 0 Å². The maximum Gasteiger partial charge on any atom is 0.331 e. The highest BCUT2D eigenvalue weighted by molar-refractivity contribution is 5.83. The lowest BCUT2D eigenvalue weighted by molar-refractivity contribution is -0.153. The summed E-state index contributed by atoms with van der Waals surface area (Å²) >= 11 is 0. The van der Waals surface area contributed by atoms with Gasteiger partial charge in [-0.15, -0.1) is 0 Å². The number of unbranched alkanes of at least 4 members (excludes halogenated alkanes) is 1. The summed E-state index contributed by atoms with van der Waals surface area (Å²) in [5.74, 6) is 5.23. The minimum atomic E-state index is -0.568. The molecule has 0 aromatic heterocycles. The van der Waals surface area contributed by atoms with Crippen molar-refractivity contribution in [1.29, 1.82) is 0 Å². The van der Waals surface area contributed by atoms with Gasteiger partial charge in [0, 0.05) is 13.0 Å². The van der Waals surface area contributed by atoms with Crippen LogP contribution in [-0.2, 0) is 9.53 Å². The molecule has 4 rings (SSSR count). The number of hydrogen-bond donors (Lipinski definition) is 3. The molecule has 0 aliphatic heterocycles. The molecule has 4 aliphatic rings. The minimum Gasteiger partial charge on any atom is -0.460 e. The molecule has 0 spiro atoms. The molecule has 0 aromatic carbocycles. The van der Waals surface area contributed by atoms with Gasteiger partial charge >= 0.3 is 5.97 Å². The van der Waals surface area contributed by atoms with Gasteiger partial charge in [0.2, 0.25) is 0 Å². The van der Waals surface area contributed by atoms with Crippen molar-refractivity contribution in [2.24, 2.45) is 73.5 Å². The Balaban J connectivity index is 1.37. The zero-order chi connectivity index (χ0) is 31.4. The summed E-state index contributed by atoms with van der Waals surface area (Å²) in [5, 5.41) is 0. The Morgan fingerprint density at radius 3 is 2.44 bits per heavy atom. The molecular formula is C36H63N5O2. The van der Waals surface area contributed by atoms with E-state index in [1.807, 2.05) is 0 Å². The summed E-state index contributed by atoms with van der Waals surface area (Å²) in [5.41, 5.74) is 19.0. The summed E-state index contributed by atoms with van der Waals surface area (Å²) in [4.78, 5) is 21.7. The SMILES string of the molecule is CC(N)=NC(CCCCN=C(N)N)C(=O)OC1CCC2(C)C(=CCC3C2CCC2(C)C(C(C)CCCC(C)C)CCC32)C1. The van der Waals surface area contributed by atoms with Crippen molar-refractivity contribution in [2.75, 3.05) is 6.54 Å². The second-order valence-corrected chi connectivity index (χ2v) is 15.7. The molecule has 7 nitrogen and oxygen atoms in total. The molecular weight excluding hydrogens is 534 g/mol. The number of allylic oxidation sites excluding steroid dienone is 1. The molecule has 0 heterocycles. The summed E-state index contributed by atoms with van der Waals surface area (Å²) in [6, 6.07) is -0.568. The summed E-state index contributed by atoms with van der Waals surface area (Å²) in [7, 11) is 0. The van der Waals surface area contributed by atoms with Crippen LogP contribution in [0.2, 0.25) is 0 Å². The molecule has 0 radical (unpaired) electrons. The highest BCUT2D eigenvalue weighted by Crippen LogP contribution is 2.67. The van der Waals surface area contributed by atoms with E-state index >= 15 is 0 Å². The summed E-state index contributed by atoms with van der Waals surface area (Å²) in [6.07, 6.45) is 18.5. The molecule has 9 unspecified atom stereocenters. The highest BCUT2D eigenvalue weighted by Gasteiger charge is 2.59. The topological polar surface area (TPSA) is 129 Å². The van der Waals surface area contributed by atoms with Crippen LogP contribution in [0.1, 0.15) is 131 Å². The van der Waals surface area contributed by atoms with Crippen LogP contribution in [0, 0.1) is 46.3 Å². The smallest absolute Gasteiger partial charge is 0.331 e. The number of nitrogens with two attached hydrogens (primary N) is 3. The normalized spacial score (nSPS) is 35.3. The van der Waals surface area contributed by atoms with Crippen LogP contribution in [0.5, 0.6) is 0 Å². The summed E-state index contributed by atoms with van der Waals surface area (Å²) < 4.78 is 6.14. The number of fused-ring (bicyclic) bond motifs is 5. The zero-order valence-electron chi connectivity index (χ0n) is 28.2. The monoisotopic (exact) mass is 597 g/mol. The number of nitrogens with zero attached hydrogens (tertiary/aromatic N) is 2. The third-order valence-corrected chi connectivity index (χ3v) is 12.4. The van der Waals surface area contributed by atoms with Gasteiger partial charge in [0.05, 0.1) is 5.84 Å². The van der Waals surface area contributed by atoms with Crippen molar-refractivity contribution in [2.45, 2.75) is 144 Å². The Morgan fingerprint density at radius 2 is 1.74 bits per heavy atom. The predicted octanol–water partition coefficient (Wildman–Crippen LogP) is 7.13. The number of esters is 1. The van der Waals surface area contributed by atoms with Crippen LogP contribution < -0.4 is 17.2 Å². The molecule has 6 N–H and O–H groups in total. The van der Waals surface area contributed by atoms with Crippen LogP contribution in [0.15, 0.2) is 21.6 Å². The van der Waals surface area contributed by atoms with Gasteiger partial charge in [-0.05, 0) is 117 Å². The maximum absolute atomic E-state index is 13.3. The molecule has 4 aliphatic carbocycles. The van der Waals surface area contributed by atoms with E-state index < -0.39 is 6.04 Å². The van der Waals surface area contributed by atoms with E-state index in [0.29, 0.717) is 24.2 Å². The molecule has 0 aromatic rings. The first kappa shape index (κ1) is 33.8. The third kappa shape index (κ3) is 7.79. The van der Waals surface area contributed by atoms with E-state index in [9.17, 15) is 4.79 Å². The van der Waals surface area contributed by atoms with Crippen molar-refractivity contribution in [1.82, 2.24) is 0 Å². The first-order chi connectivity index (χ1) is 20.3. The van der Waals surface area contributed by atoms with Gasteiger partial charge in [-0.25, -0.2) is 4.79 Å². The molecule has 7 heteroatoms. The number of amidine groups is 1. The lowest BCUT2D eigenvalue weighted by Crippen LogP contribution is -2.51. The zero-order valence-corrected chi connectivity index (χ0v) is 28.2. The second kappa shape index (κ2) is 14.4. The fourth-order valence-electron chi connectivity index (χ4n) is 10.1. The second-order valence-electron chi connectivity index (χ2n) is 15.7. The Morgan fingerprint density at radius 1 is 0.977 bits per heavy atom. The molecule has 9 atom stereocenters. The molecule has 3 saturated carbocycles. The Bertz CT molecular complexity index is 1040. The van der Waals surface area contributed by atoms with Crippen molar-refractivity contribution in [3.05, 3.63) is 11.6 Å². The van der Waals surface area contributed by atoms with E-state index in [2.05, 4.69) is 50.7 Å². The van der Waals surface area contributed by atoms with Gasteiger partial charge in [-0.1, -0.05) is 65.5 Å². The quantitative estimate of drug-likeness (QED) is 0.0684. The molecule has 0 bridgehead atoms. The fraction of sp³-hybridized carbons (Fsp3) is 0.861. The Labute approximate surface area is 262 Å². The van der Waals surface area contributed by atoms with Crippen molar-refractivity contribution < 1.29 is 9.53 Å². The van der Waals surface area contributed by atoms with Gasteiger partial charge < -0.3 is 21.9 Å². The van der Waals surface area contributed by atoms with E-state index in [1.165, 1.54) is 51.4 Å². The van der Waals surface area contributed by atoms with Crippen LogP contribution in [0.4, 0.5) is 0 Å². The lowest BCUT2D eigenvalue weighted by atomic mass is 9.47. The number of guanidine groups is 1. The third-order valence-electron chi connectivity index (χ3n) is 12.4. The van der Waals surface area contributed by atoms with E-state index in [0.717, 1.165) is 67.6 Å². The van der Waals surface area contributed by atoms with Gasteiger partial charge in [0.25, 0.3) is 0 Å². The largest absolute Gasteiger partial charge is 0.460 e. The molecule has 0 saturated heterocycles. The Kier molecular flexibility index (Phi) is 11.3. The number of carbonyl (C=O) groups is 1. The van der Waals surface area contributed by atoms with Gasteiger partial charge in [-0.3, -0.25) is 9.98 Å².